The molecule has 1 amide bonds. The minimum atomic E-state index is -0.0369. The van der Waals surface area contributed by atoms with Crippen molar-refractivity contribution in [3.05, 3.63) is 47.3 Å². The lowest BCUT2D eigenvalue weighted by Gasteiger charge is -2.08. The monoisotopic (exact) mass is 243 g/mol. The maximum Gasteiger partial charge on any atom is 0.230 e. The smallest absolute Gasteiger partial charge is 0.230 e. The molecule has 0 aliphatic carbocycles. The summed E-state index contributed by atoms with van der Waals surface area (Å²) in [6.07, 6.45) is 2.93. The lowest BCUT2D eigenvalue weighted by molar-refractivity contribution is -0.115. The Morgan fingerprint density at radius 3 is 2.89 bits per heavy atom. The Morgan fingerprint density at radius 2 is 2.22 bits per heavy atom. The summed E-state index contributed by atoms with van der Waals surface area (Å²) < 4.78 is 0. The van der Waals surface area contributed by atoms with Gasteiger partial charge in [-0.1, -0.05) is 13.0 Å². The van der Waals surface area contributed by atoms with E-state index in [9.17, 15) is 4.79 Å². The molecule has 0 atom stereocenters. The number of benzene rings is 1. The largest absolute Gasteiger partial charge is 0.326 e. The van der Waals surface area contributed by atoms with Crippen molar-refractivity contribution in [3.63, 3.8) is 0 Å². The summed E-state index contributed by atoms with van der Waals surface area (Å²) >= 11 is 0. The first-order chi connectivity index (χ1) is 8.69. The van der Waals surface area contributed by atoms with Gasteiger partial charge in [-0.25, -0.2) is 0 Å². The number of anilines is 1. The normalized spacial score (nSPS) is 10.3. The highest BCUT2D eigenvalue weighted by Crippen LogP contribution is 2.16. The van der Waals surface area contributed by atoms with Gasteiger partial charge in [0.05, 0.1) is 6.42 Å². The van der Waals surface area contributed by atoms with Crippen LogP contribution in [0.3, 0.4) is 0 Å². The van der Waals surface area contributed by atoms with Crippen molar-refractivity contribution < 1.29 is 4.79 Å². The second-order valence-electron chi connectivity index (χ2n) is 4.30. The van der Waals surface area contributed by atoms with E-state index in [4.69, 9.17) is 0 Å². The molecule has 4 heteroatoms. The molecule has 2 aromatic rings. The van der Waals surface area contributed by atoms with Crippen molar-refractivity contribution in [2.45, 2.75) is 26.7 Å². The summed E-state index contributed by atoms with van der Waals surface area (Å²) in [5.74, 6) is -0.0369. The second-order valence-corrected chi connectivity index (χ2v) is 4.30. The van der Waals surface area contributed by atoms with Crippen LogP contribution in [-0.2, 0) is 17.6 Å². The third-order valence-electron chi connectivity index (χ3n) is 2.92. The highest BCUT2D eigenvalue weighted by molar-refractivity contribution is 5.92. The van der Waals surface area contributed by atoms with E-state index in [1.54, 1.807) is 12.3 Å². The molecule has 0 unspecified atom stereocenters. The van der Waals surface area contributed by atoms with E-state index in [0.29, 0.717) is 6.42 Å². The third kappa shape index (κ3) is 2.97. The van der Waals surface area contributed by atoms with Crippen LogP contribution >= 0.6 is 0 Å². The molecule has 1 aromatic heterocycles. The van der Waals surface area contributed by atoms with Gasteiger partial charge in [0.25, 0.3) is 0 Å². The van der Waals surface area contributed by atoms with Crippen molar-refractivity contribution in [1.82, 2.24) is 10.2 Å². The Hall–Kier alpha value is -2.10. The maximum atomic E-state index is 11.8. The van der Waals surface area contributed by atoms with Gasteiger partial charge in [-0.15, -0.1) is 0 Å². The van der Waals surface area contributed by atoms with Crippen molar-refractivity contribution in [2.24, 2.45) is 0 Å². The molecule has 1 heterocycles. The highest BCUT2D eigenvalue weighted by atomic mass is 16.1. The molecule has 0 aliphatic rings. The van der Waals surface area contributed by atoms with Gasteiger partial charge < -0.3 is 5.32 Å². The molecular formula is C14H17N3O. The van der Waals surface area contributed by atoms with Gasteiger partial charge in [0.1, 0.15) is 0 Å². The molecule has 0 fully saturated rings. The lowest BCUT2D eigenvalue weighted by Crippen LogP contribution is -2.14. The van der Waals surface area contributed by atoms with Crippen LogP contribution in [0.15, 0.2) is 30.5 Å². The molecule has 2 rings (SSSR count). The van der Waals surface area contributed by atoms with Gasteiger partial charge >= 0.3 is 0 Å². The van der Waals surface area contributed by atoms with E-state index in [0.717, 1.165) is 17.8 Å². The molecule has 0 bridgehead atoms. The van der Waals surface area contributed by atoms with Crippen molar-refractivity contribution in [3.8, 4) is 0 Å². The highest BCUT2D eigenvalue weighted by Gasteiger charge is 2.06. The van der Waals surface area contributed by atoms with Crippen LogP contribution in [-0.4, -0.2) is 16.1 Å². The Labute approximate surface area is 106 Å². The number of aromatic amines is 1. The van der Waals surface area contributed by atoms with E-state index in [1.807, 2.05) is 18.2 Å². The summed E-state index contributed by atoms with van der Waals surface area (Å²) in [5, 5.41) is 9.49. The zero-order valence-electron chi connectivity index (χ0n) is 10.7. The third-order valence-corrected chi connectivity index (χ3v) is 2.92. The summed E-state index contributed by atoms with van der Waals surface area (Å²) in [6, 6.07) is 7.79. The van der Waals surface area contributed by atoms with Crippen LogP contribution in [0, 0.1) is 6.92 Å². The van der Waals surface area contributed by atoms with Crippen LogP contribution in [0.4, 0.5) is 5.69 Å². The molecule has 0 saturated heterocycles. The van der Waals surface area contributed by atoms with E-state index in [2.05, 4.69) is 29.4 Å². The van der Waals surface area contributed by atoms with E-state index >= 15 is 0 Å². The quantitative estimate of drug-likeness (QED) is 0.866. The zero-order valence-corrected chi connectivity index (χ0v) is 10.7. The van der Waals surface area contributed by atoms with Gasteiger partial charge in [-0.3, -0.25) is 9.89 Å². The van der Waals surface area contributed by atoms with Crippen LogP contribution in [0.1, 0.15) is 23.7 Å². The number of hydrogen-bond donors (Lipinski definition) is 2. The van der Waals surface area contributed by atoms with Crippen molar-refractivity contribution >= 4 is 11.6 Å². The van der Waals surface area contributed by atoms with E-state index in [-0.39, 0.29) is 5.91 Å². The fourth-order valence-corrected chi connectivity index (χ4v) is 1.89. The van der Waals surface area contributed by atoms with Gasteiger partial charge in [0, 0.05) is 17.6 Å². The Bertz CT molecular complexity index is 532. The summed E-state index contributed by atoms with van der Waals surface area (Å²) in [4.78, 5) is 11.8. The summed E-state index contributed by atoms with van der Waals surface area (Å²) in [6.45, 7) is 4.19. The summed E-state index contributed by atoms with van der Waals surface area (Å²) in [5.41, 5.74) is 4.18. The van der Waals surface area contributed by atoms with Gasteiger partial charge in [0.15, 0.2) is 0 Å². The number of carbonyl (C=O) groups excluding carboxylic acids is 1. The number of aromatic nitrogens is 2. The average molecular weight is 243 g/mol. The van der Waals surface area contributed by atoms with Crippen LogP contribution in [0.2, 0.25) is 0 Å². The first kappa shape index (κ1) is 12.4. The standard InChI is InChI=1S/C14H17N3O/c1-3-11-8-12(5-4-10(11)2)16-14(18)9-13-6-7-15-17-13/h4-8H,3,9H2,1-2H3,(H,15,17)(H,16,18). The van der Waals surface area contributed by atoms with E-state index in [1.165, 1.54) is 11.1 Å². The number of aryl methyl sites for hydroxylation is 2. The van der Waals surface area contributed by atoms with Gasteiger partial charge in [-0.2, -0.15) is 5.10 Å². The van der Waals surface area contributed by atoms with Gasteiger partial charge in [-0.05, 0) is 42.7 Å². The summed E-state index contributed by atoms with van der Waals surface area (Å²) in [7, 11) is 0. The molecule has 0 radical (unpaired) electrons. The topological polar surface area (TPSA) is 57.8 Å². The number of hydrogen-bond acceptors (Lipinski definition) is 2. The Balaban J connectivity index is 2.03. The minimum absolute atomic E-state index is 0.0369. The lowest BCUT2D eigenvalue weighted by atomic mass is 10.1. The number of rotatable bonds is 4. The Morgan fingerprint density at radius 1 is 1.39 bits per heavy atom. The Kier molecular flexibility index (Phi) is 3.77. The van der Waals surface area contributed by atoms with Crippen molar-refractivity contribution in [2.75, 3.05) is 5.32 Å². The number of nitrogens with one attached hydrogen (secondary N) is 2. The molecule has 4 nitrogen and oxygen atoms in total. The van der Waals surface area contributed by atoms with Gasteiger partial charge in [0.2, 0.25) is 5.91 Å². The second kappa shape index (κ2) is 5.49. The first-order valence-corrected chi connectivity index (χ1v) is 6.06. The molecule has 94 valence electrons. The minimum Gasteiger partial charge on any atom is -0.326 e. The van der Waals surface area contributed by atoms with Crippen LogP contribution < -0.4 is 5.32 Å². The number of carbonyl (C=O) groups is 1. The average Bonchev–Trinajstić information content (AvgIpc) is 2.84. The number of amides is 1. The number of H-pyrrole nitrogens is 1. The molecule has 18 heavy (non-hydrogen) atoms. The number of nitrogens with zero attached hydrogens (tertiary/aromatic N) is 1. The fourth-order valence-electron chi connectivity index (χ4n) is 1.89. The van der Waals surface area contributed by atoms with Crippen LogP contribution in [0.5, 0.6) is 0 Å². The molecule has 0 saturated carbocycles. The molecular weight excluding hydrogens is 226 g/mol. The predicted molar refractivity (Wildman–Crippen MR) is 71.5 cm³/mol. The predicted octanol–water partition coefficient (Wildman–Crippen LogP) is 2.46. The van der Waals surface area contributed by atoms with Crippen molar-refractivity contribution in [1.29, 1.82) is 0 Å². The molecule has 0 spiro atoms. The first-order valence-electron chi connectivity index (χ1n) is 6.06. The fraction of sp³-hybridized carbons (Fsp3) is 0.286. The molecule has 1 aromatic carbocycles. The van der Waals surface area contributed by atoms with E-state index < -0.39 is 0 Å². The SMILES string of the molecule is CCc1cc(NC(=O)Cc2ccn[nH]2)ccc1C. The van der Waals surface area contributed by atoms with Crippen LogP contribution in [0.25, 0.3) is 0 Å². The zero-order chi connectivity index (χ0) is 13.0. The molecule has 2 N–H and O–H groups in total. The molecule has 0 aliphatic heterocycles. The maximum absolute atomic E-state index is 11.8.